The first-order chi connectivity index (χ1) is 12.9. The molecule has 0 atom stereocenters. The van der Waals surface area contributed by atoms with Crippen LogP contribution in [0.4, 0.5) is 5.69 Å². The van der Waals surface area contributed by atoms with Crippen LogP contribution in [0.3, 0.4) is 0 Å². The van der Waals surface area contributed by atoms with Crippen LogP contribution >= 0.6 is 0 Å². The van der Waals surface area contributed by atoms with Crippen molar-refractivity contribution >= 4 is 28.5 Å². The predicted molar refractivity (Wildman–Crippen MR) is 96.7 cm³/mol. The van der Waals surface area contributed by atoms with Gasteiger partial charge in [0.15, 0.2) is 11.5 Å². The molecule has 0 saturated carbocycles. The Morgan fingerprint density at radius 2 is 1.85 bits per heavy atom. The molecule has 8 nitrogen and oxygen atoms in total. The summed E-state index contributed by atoms with van der Waals surface area (Å²) in [7, 11) is 0. The number of piperazine rings is 1. The van der Waals surface area contributed by atoms with Gasteiger partial charge in [-0.2, -0.15) is 0 Å². The minimum absolute atomic E-state index is 0.132. The van der Waals surface area contributed by atoms with Crippen molar-refractivity contribution in [1.29, 1.82) is 0 Å². The minimum Gasteiger partial charge on any atom is -0.507 e. The van der Waals surface area contributed by atoms with Crippen molar-refractivity contribution < 1.29 is 23.5 Å². The molecular weight excluding hydrogens is 352 g/mol. The number of amides is 2. The van der Waals surface area contributed by atoms with Crippen molar-refractivity contribution in [2.75, 3.05) is 18.0 Å². The summed E-state index contributed by atoms with van der Waals surface area (Å²) >= 11 is 0. The van der Waals surface area contributed by atoms with Crippen LogP contribution in [0.15, 0.2) is 37.9 Å². The van der Waals surface area contributed by atoms with Crippen molar-refractivity contribution in [2.45, 2.75) is 13.8 Å². The van der Waals surface area contributed by atoms with Gasteiger partial charge in [0.05, 0.1) is 5.56 Å². The number of hydrogen-bond donors (Lipinski definition) is 2. The molecule has 1 saturated heterocycles. The summed E-state index contributed by atoms with van der Waals surface area (Å²) in [6.07, 6.45) is 0. The standard InChI is InChI=1S/C19H16N2O6/c1-9-15(22)10(2)19(25)27-16(9)14-8-11-7-12(3-4-13(11)26-14)21-6-5-20-17(23)18(21)24/h3-4,7-8,22H,5-6H2,1-2H3,(H,20,23). The van der Waals surface area contributed by atoms with E-state index in [0.717, 1.165) is 0 Å². The average Bonchev–Trinajstić information content (AvgIpc) is 3.08. The Labute approximate surface area is 153 Å². The topological polar surface area (TPSA) is 113 Å². The summed E-state index contributed by atoms with van der Waals surface area (Å²) in [6, 6.07) is 6.74. The van der Waals surface area contributed by atoms with E-state index in [9.17, 15) is 19.5 Å². The van der Waals surface area contributed by atoms with Gasteiger partial charge in [-0.15, -0.1) is 0 Å². The van der Waals surface area contributed by atoms with E-state index in [0.29, 0.717) is 35.3 Å². The Bertz CT molecular complexity index is 1160. The third-order valence-corrected chi connectivity index (χ3v) is 4.65. The second-order valence-corrected chi connectivity index (χ2v) is 6.36. The lowest BCUT2D eigenvalue weighted by molar-refractivity contribution is -0.138. The Morgan fingerprint density at radius 1 is 1.07 bits per heavy atom. The van der Waals surface area contributed by atoms with Gasteiger partial charge in [-0.1, -0.05) is 0 Å². The van der Waals surface area contributed by atoms with Crippen LogP contribution < -0.4 is 15.8 Å². The van der Waals surface area contributed by atoms with Gasteiger partial charge < -0.3 is 24.2 Å². The fourth-order valence-electron chi connectivity index (χ4n) is 3.10. The van der Waals surface area contributed by atoms with Crippen molar-refractivity contribution in [3.63, 3.8) is 0 Å². The zero-order valence-corrected chi connectivity index (χ0v) is 14.7. The summed E-state index contributed by atoms with van der Waals surface area (Å²) in [4.78, 5) is 36.9. The summed E-state index contributed by atoms with van der Waals surface area (Å²) in [6.45, 7) is 3.87. The molecule has 2 aromatic heterocycles. The zero-order valence-electron chi connectivity index (χ0n) is 14.7. The van der Waals surface area contributed by atoms with E-state index in [1.807, 2.05) is 0 Å². The van der Waals surface area contributed by atoms with E-state index in [-0.39, 0.29) is 22.8 Å². The molecule has 1 fully saturated rings. The van der Waals surface area contributed by atoms with Gasteiger partial charge >= 0.3 is 17.4 Å². The largest absolute Gasteiger partial charge is 0.507 e. The molecule has 0 unspecified atom stereocenters. The zero-order chi connectivity index (χ0) is 19.3. The molecule has 0 spiro atoms. The van der Waals surface area contributed by atoms with Gasteiger partial charge in [0, 0.05) is 29.7 Å². The normalized spacial score (nSPS) is 14.7. The van der Waals surface area contributed by atoms with E-state index in [1.54, 1.807) is 31.2 Å². The minimum atomic E-state index is -0.640. The van der Waals surface area contributed by atoms with Crippen LogP contribution in [0, 0.1) is 13.8 Å². The van der Waals surface area contributed by atoms with Gasteiger partial charge in [-0.05, 0) is 38.1 Å². The summed E-state index contributed by atoms with van der Waals surface area (Å²) in [5.41, 5.74) is 0.981. The van der Waals surface area contributed by atoms with E-state index in [4.69, 9.17) is 8.83 Å². The summed E-state index contributed by atoms with van der Waals surface area (Å²) in [5, 5.41) is 13.3. The summed E-state index contributed by atoms with van der Waals surface area (Å²) < 4.78 is 11.0. The number of benzene rings is 1. The van der Waals surface area contributed by atoms with Gasteiger partial charge in [-0.3, -0.25) is 9.59 Å². The molecule has 3 aromatic rings. The lowest BCUT2D eigenvalue weighted by Crippen LogP contribution is -2.52. The highest BCUT2D eigenvalue weighted by Gasteiger charge is 2.27. The number of carbonyl (C=O) groups is 2. The molecular formula is C19H16N2O6. The molecule has 2 amide bonds. The molecule has 1 aliphatic heterocycles. The second kappa shape index (κ2) is 6.01. The predicted octanol–water partition coefficient (Wildman–Crippen LogP) is 1.84. The highest BCUT2D eigenvalue weighted by atomic mass is 16.4. The van der Waals surface area contributed by atoms with Crippen molar-refractivity contribution in [2.24, 2.45) is 0 Å². The Balaban J connectivity index is 1.79. The number of rotatable bonds is 2. The van der Waals surface area contributed by atoms with Gasteiger partial charge in [0.25, 0.3) is 0 Å². The average molecular weight is 368 g/mol. The lowest BCUT2D eigenvalue weighted by Gasteiger charge is -2.26. The van der Waals surface area contributed by atoms with Crippen LogP contribution in [0.2, 0.25) is 0 Å². The molecule has 27 heavy (non-hydrogen) atoms. The van der Waals surface area contributed by atoms with Crippen LogP contribution in [-0.4, -0.2) is 30.0 Å². The van der Waals surface area contributed by atoms with Crippen molar-refractivity contribution in [1.82, 2.24) is 5.32 Å². The van der Waals surface area contributed by atoms with Crippen molar-refractivity contribution in [3.05, 3.63) is 45.8 Å². The van der Waals surface area contributed by atoms with E-state index in [2.05, 4.69) is 5.32 Å². The number of aromatic hydroxyl groups is 1. The molecule has 1 aliphatic rings. The third kappa shape index (κ3) is 2.66. The highest BCUT2D eigenvalue weighted by molar-refractivity contribution is 6.41. The molecule has 3 heterocycles. The molecule has 138 valence electrons. The molecule has 2 N–H and O–H groups in total. The van der Waals surface area contributed by atoms with Crippen LogP contribution in [0.5, 0.6) is 5.75 Å². The van der Waals surface area contributed by atoms with Gasteiger partial charge in [0.2, 0.25) is 0 Å². The maximum absolute atomic E-state index is 12.1. The molecule has 1 aromatic carbocycles. The first kappa shape index (κ1) is 16.9. The van der Waals surface area contributed by atoms with Gasteiger partial charge in [-0.25, -0.2) is 4.79 Å². The fourth-order valence-corrected chi connectivity index (χ4v) is 3.10. The molecule has 4 rings (SSSR count). The van der Waals surface area contributed by atoms with E-state index < -0.39 is 17.4 Å². The maximum Gasteiger partial charge on any atom is 0.343 e. The van der Waals surface area contributed by atoms with E-state index in [1.165, 1.54) is 11.8 Å². The van der Waals surface area contributed by atoms with E-state index >= 15 is 0 Å². The van der Waals surface area contributed by atoms with Crippen LogP contribution in [0.1, 0.15) is 11.1 Å². The number of hydrogen-bond acceptors (Lipinski definition) is 6. The SMILES string of the molecule is Cc1c(-c2cc3cc(N4CCNC(=O)C4=O)ccc3o2)oc(=O)c(C)c1O. The van der Waals surface area contributed by atoms with Crippen LogP contribution in [-0.2, 0) is 9.59 Å². The fraction of sp³-hybridized carbons (Fsp3) is 0.211. The highest BCUT2D eigenvalue weighted by Crippen LogP contribution is 2.34. The van der Waals surface area contributed by atoms with Crippen LogP contribution in [0.25, 0.3) is 22.5 Å². The number of fused-ring (bicyclic) bond motifs is 1. The molecule has 0 bridgehead atoms. The first-order valence-electron chi connectivity index (χ1n) is 8.33. The monoisotopic (exact) mass is 368 g/mol. The number of carbonyl (C=O) groups excluding carboxylic acids is 2. The number of anilines is 1. The Kier molecular flexibility index (Phi) is 3.76. The Hall–Kier alpha value is -3.55. The molecule has 8 heteroatoms. The number of furan rings is 1. The first-order valence-corrected chi connectivity index (χ1v) is 8.33. The Morgan fingerprint density at radius 3 is 2.63 bits per heavy atom. The number of nitrogens with one attached hydrogen (secondary N) is 1. The molecule has 0 aliphatic carbocycles. The lowest BCUT2D eigenvalue weighted by atomic mass is 10.1. The third-order valence-electron chi connectivity index (χ3n) is 4.65. The van der Waals surface area contributed by atoms with Crippen molar-refractivity contribution in [3.8, 4) is 17.3 Å². The number of nitrogens with zero attached hydrogens (tertiary/aromatic N) is 1. The second-order valence-electron chi connectivity index (χ2n) is 6.36. The quantitative estimate of drug-likeness (QED) is 0.668. The van der Waals surface area contributed by atoms with Gasteiger partial charge in [0.1, 0.15) is 11.3 Å². The smallest absolute Gasteiger partial charge is 0.343 e. The summed E-state index contributed by atoms with van der Waals surface area (Å²) in [5.74, 6) is -0.951. The maximum atomic E-state index is 12.1. The molecule has 0 radical (unpaired) electrons.